The topological polar surface area (TPSA) is 12.5 Å². The van der Waals surface area contributed by atoms with Crippen LogP contribution >= 0.6 is 0 Å². The lowest BCUT2D eigenvalue weighted by molar-refractivity contribution is 0.111. The van der Waals surface area contributed by atoms with Crippen LogP contribution in [-0.4, -0.2) is 31.1 Å². The minimum absolute atomic E-state index is 0.149. The zero-order chi connectivity index (χ0) is 20.1. The predicted molar refractivity (Wildman–Crippen MR) is 115 cm³/mol. The second-order valence-corrected chi connectivity index (χ2v) is 9.09. The molecular formula is C25H34FNO. The van der Waals surface area contributed by atoms with Crippen LogP contribution in [0.1, 0.15) is 57.6 Å². The molecule has 1 fully saturated rings. The number of hydrogen-bond acceptors (Lipinski definition) is 2. The van der Waals surface area contributed by atoms with Crippen molar-refractivity contribution < 1.29 is 9.13 Å². The molecule has 0 spiro atoms. The third kappa shape index (κ3) is 5.35. The first-order valence-corrected chi connectivity index (χ1v) is 10.6. The van der Waals surface area contributed by atoms with Crippen molar-refractivity contribution in [1.82, 2.24) is 4.90 Å². The quantitative estimate of drug-likeness (QED) is 0.605. The standard InChI is InChI=1S/C25H34FNO/c1-5-15-27-16-14-24(19-6-10-22(26)11-7-19)20(17-27)18-28-23-12-8-21(9-13-23)25(2,3)4/h6-13,20,24H,5,14-18H2,1-4H3/t20-,24-/m1/s1. The summed E-state index contributed by atoms with van der Waals surface area (Å²) in [5.74, 6) is 1.59. The summed E-state index contributed by atoms with van der Waals surface area (Å²) in [5.41, 5.74) is 2.70. The molecule has 0 aromatic heterocycles. The summed E-state index contributed by atoms with van der Waals surface area (Å²) in [5, 5.41) is 0. The van der Waals surface area contributed by atoms with E-state index < -0.39 is 0 Å². The van der Waals surface area contributed by atoms with Crippen LogP contribution in [0.4, 0.5) is 4.39 Å². The van der Waals surface area contributed by atoms with Crippen LogP contribution in [0.15, 0.2) is 48.5 Å². The maximum Gasteiger partial charge on any atom is 0.123 e. The van der Waals surface area contributed by atoms with Gasteiger partial charge in [-0.2, -0.15) is 0 Å². The number of rotatable bonds is 6. The van der Waals surface area contributed by atoms with Crippen molar-refractivity contribution in [2.45, 2.75) is 51.9 Å². The van der Waals surface area contributed by atoms with E-state index in [2.05, 4.69) is 56.9 Å². The Labute approximate surface area is 169 Å². The molecule has 0 saturated carbocycles. The molecule has 0 N–H and O–H groups in total. The molecule has 0 radical (unpaired) electrons. The fraction of sp³-hybridized carbons (Fsp3) is 0.520. The zero-order valence-electron chi connectivity index (χ0n) is 17.7. The average Bonchev–Trinajstić information content (AvgIpc) is 2.67. The van der Waals surface area contributed by atoms with Crippen molar-refractivity contribution in [3.05, 3.63) is 65.5 Å². The molecule has 0 unspecified atom stereocenters. The molecule has 0 amide bonds. The molecule has 1 heterocycles. The third-order valence-corrected chi connectivity index (χ3v) is 5.84. The van der Waals surface area contributed by atoms with Gasteiger partial charge in [-0.3, -0.25) is 0 Å². The van der Waals surface area contributed by atoms with Crippen molar-refractivity contribution in [2.24, 2.45) is 5.92 Å². The van der Waals surface area contributed by atoms with Crippen LogP contribution in [-0.2, 0) is 5.41 Å². The van der Waals surface area contributed by atoms with Gasteiger partial charge >= 0.3 is 0 Å². The summed E-state index contributed by atoms with van der Waals surface area (Å²) >= 11 is 0. The minimum atomic E-state index is -0.168. The highest BCUT2D eigenvalue weighted by Gasteiger charge is 2.30. The molecule has 28 heavy (non-hydrogen) atoms. The Morgan fingerprint density at radius 3 is 2.32 bits per heavy atom. The Kier molecular flexibility index (Phi) is 6.77. The Hall–Kier alpha value is -1.87. The number of piperidine rings is 1. The first-order valence-electron chi connectivity index (χ1n) is 10.6. The van der Waals surface area contributed by atoms with Gasteiger partial charge in [0.15, 0.2) is 0 Å². The maximum absolute atomic E-state index is 13.4. The number of likely N-dealkylation sites (tertiary alicyclic amines) is 1. The first-order chi connectivity index (χ1) is 13.4. The Morgan fingerprint density at radius 2 is 1.71 bits per heavy atom. The molecule has 3 rings (SSSR count). The molecule has 2 atom stereocenters. The van der Waals surface area contributed by atoms with Gasteiger partial charge in [0.05, 0.1) is 6.61 Å². The van der Waals surface area contributed by atoms with E-state index in [1.165, 1.54) is 17.5 Å². The van der Waals surface area contributed by atoms with E-state index >= 15 is 0 Å². The van der Waals surface area contributed by atoms with Gasteiger partial charge in [0.2, 0.25) is 0 Å². The lowest BCUT2D eigenvalue weighted by Gasteiger charge is -2.38. The molecular weight excluding hydrogens is 349 g/mol. The molecule has 2 aromatic carbocycles. The lowest BCUT2D eigenvalue weighted by Crippen LogP contribution is -2.42. The van der Waals surface area contributed by atoms with Crippen LogP contribution in [0.25, 0.3) is 0 Å². The maximum atomic E-state index is 13.4. The summed E-state index contributed by atoms with van der Waals surface area (Å²) in [7, 11) is 0. The Balaban J connectivity index is 1.70. The number of benzene rings is 2. The molecule has 2 nitrogen and oxygen atoms in total. The van der Waals surface area contributed by atoms with Crippen LogP contribution in [0.5, 0.6) is 5.75 Å². The number of nitrogens with zero attached hydrogens (tertiary/aromatic N) is 1. The van der Waals surface area contributed by atoms with Gasteiger partial charge in [-0.1, -0.05) is 52.0 Å². The van der Waals surface area contributed by atoms with Gasteiger partial charge < -0.3 is 9.64 Å². The van der Waals surface area contributed by atoms with E-state index in [0.717, 1.165) is 31.8 Å². The van der Waals surface area contributed by atoms with Gasteiger partial charge in [-0.25, -0.2) is 4.39 Å². The molecule has 0 bridgehead atoms. The van der Waals surface area contributed by atoms with E-state index in [1.54, 1.807) is 12.1 Å². The van der Waals surface area contributed by atoms with Crippen molar-refractivity contribution in [3.63, 3.8) is 0 Å². The summed E-state index contributed by atoms with van der Waals surface area (Å²) in [6.45, 7) is 12.9. The molecule has 152 valence electrons. The van der Waals surface area contributed by atoms with E-state index in [4.69, 9.17) is 4.74 Å². The summed E-state index contributed by atoms with van der Waals surface area (Å²) in [6, 6.07) is 15.5. The number of halogens is 1. The molecule has 2 aromatic rings. The van der Waals surface area contributed by atoms with E-state index in [-0.39, 0.29) is 11.2 Å². The van der Waals surface area contributed by atoms with Gasteiger partial charge in [0.25, 0.3) is 0 Å². The van der Waals surface area contributed by atoms with Gasteiger partial charge in [-0.15, -0.1) is 0 Å². The van der Waals surface area contributed by atoms with Crippen LogP contribution in [0, 0.1) is 11.7 Å². The highest BCUT2D eigenvalue weighted by Crippen LogP contribution is 2.34. The second kappa shape index (κ2) is 9.09. The van der Waals surface area contributed by atoms with Crippen molar-refractivity contribution in [3.8, 4) is 5.75 Å². The SMILES string of the molecule is CCCN1CC[C@H](c2ccc(F)cc2)[C@@H](COc2ccc(C(C)(C)C)cc2)C1. The Morgan fingerprint density at radius 1 is 1.04 bits per heavy atom. The summed E-state index contributed by atoms with van der Waals surface area (Å²) < 4.78 is 19.6. The van der Waals surface area contributed by atoms with Crippen LogP contribution < -0.4 is 4.74 Å². The fourth-order valence-corrected chi connectivity index (χ4v) is 4.20. The normalized spacial score (nSPS) is 20.9. The van der Waals surface area contributed by atoms with Crippen molar-refractivity contribution >= 4 is 0 Å². The lowest BCUT2D eigenvalue weighted by atomic mass is 9.80. The summed E-state index contributed by atoms with van der Waals surface area (Å²) in [4.78, 5) is 2.54. The average molecular weight is 384 g/mol. The molecule has 3 heteroatoms. The smallest absolute Gasteiger partial charge is 0.123 e. The molecule has 1 aliphatic heterocycles. The highest BCUT2D eigenvalue weighted by molar-refractivity contribution is 5.31. The molecule has 1 aliphatic rings. The highest BCUT2D eigenvalue weighted by atomic mass is 19.1. The third-order valence-electron chi connectivity index (χ3n) is 5.84. The molecule has 1 saturated heterocycles. The monoisotopic (exact) mass is 383 g/mol. The van der Waals surface area contributed by atoms with E-state index in [9.17, 15) is 4.39 Å². The van der Waals surface area contributed by atoms with Crippen molar-refractivity contribution in [2.75, 3.05) is 26.2 Å². The van der Waals surface area contributed by atoms with Crippen LogP contribution in [0.3, 0.4) is 0 Å². The summed E-state index contributed by atoms with van der Waals surface area (Å²) in [6.07, 6.45) is 2.27. The minimum Gasteiger partial charge on any atom is -0.493 e. The van der Waals surface area contributed by atoms with E-state index in [0.29, 0.717) is 18.4 Å². The number of ether oxygens (including phenoxy) is 1. The largest absolute Gasteiger partial charge is 0.493 e. The zero-order valence-corrected chi connectivity index (χ0v) is 17.7. The van der Waals surface area contributed by atoms with Gasteiger partial charge in [-0.05, 0) is 72.7 Å². The van der Waals surface area contributed by atoms with Gasteiger partial charge in [0.1, 0.15) is 11.6 Å². The second-order valence-electron chi connectivity index (χ2n) is 9.09. The van der Waals surface area contributed by atoms with Crippen molar-refractivity contribution in [1.29, 1.82) is 0 Å². The van der Waals surface area contributed by atoms with Gasteiger partial charge in [0, 0.05) is 12.5 Å². The molecule has 0 aliphatic carbocycles. The number of hydrogen-bond donors (Lipinski definition) is 0. The van der Waals surface area contributed by atoms with E-state index in [1.807, 2.05) is 12.1 Å². The Bertz CT molecular complexity index is 733. The first kappa shape index (κ1) is 20.9. The van der Waals surface area contributed by atoms with Crippen LogP contribution in [0.2, 0.25) is 0 Å². The fourth-order valence-electron chi connectivity index (χ4n) is 4.20. The predicted octanol–water partition coefficient (Wildman–Crippen LogP) is 6.02.